The minimum absolute atomic E-state index is 0. The number of rotatable bonds is 0. The molecule has 0 amide bonds. The first-order valence-electron chi connectivity index (χ1n) is 1.64. The molecular formula is H6AlN3O12. The quantitative estimate of drug-likeness (QED) is 0.237. The molecule has 96 valence electrons. The fourth-order valence-corrected chi connectivity index (χ4v) is 0. The molecule has 0 aliphatic heterocycles. The molecule has 15 nitrogen and oxygen atoms in total. The Kier molecular flexibility index (Phi) is 115. The molecule has 16 heavy (non-hydrogen) atoms. The largest absolute Gasteiger partial charge is 3.00 e. The molecule has 0 bridgehead atoms. The average molecular weight is 267 g/mol. The van der Waals surface area contributed by atoms with Gasteiger partial charge in [-0.05, 0) is 0 Å². The summed E-state index contributed by atoms with van der Waals surface area (Å²) in [6.07, 6.45) is 0. The molecule has 0 saturated heterocycles. The second-order valence-electron chi connectivity index (χ2n) is 0.671. The van der Waals surface area contributed by atoms with Crippen LogP contribution in [0.1, 0.15) is 0 Å². The molecule has 0 aromatic rings. The molecule has 0 unspecified atom stereocenters. The molecule has 0 atom stereocenters. The van der Waals surface area contributed by atoms with Gasteiger partial charge in [0.1, 0.15) is 0 Å². The molecule has 0 fully saturated rings. The zero-order valence-electron chi connectivity index (χ0n) is 7.09. The van der Waals surface area contributed by atoms with Crippen molar-refractivity contribution in [1.82, 2.24) is 0 Å². The van der Waals surface area contributed by atoms with Crippen LogP contribution < -0.4 is 0 Å². The SMILES string of the molecule is O.O.O.O=[N+]([O-])[O-].O=[N+]([O-])[O-].O=[N+]([O-])[O-].[Al+3]. The number of nitrogens with zero attached hydrogens (tertiary/aromatic N) is 3. The Morgan fingerprint density at radius 2 is 0.500 bits per heavy atom. The Balaban J connectivity index is -0.0000000135. The Morgan fingerprint density at radius 3 is 0.500 bits per heavy atom. The van der Waals surface area contributed by atoms with Crippen molar-refractivity contribution in [3.8, 4) is 0 Å². The van der Waals surface area contributed by atoms with Gasteiger partial charge in [0, 0.05) is 0 Å². The van der Waals surface area contributed by atoms with Crippen molar-refractivity contribution < 1.29 is 31.7 Å². The van der Waals surface area contributed by atoms with Gasteiger partial charge in [0.15, 0.2) is 0 Å². The molecule has 6 N–H and O–H groups in total. The Bertz CT molecular complexity index is 114. The summed E-state index contributed by atoms with van der Waals surface area (Å²) in [6, 6.07) is 0. The van der Waals surface area contributed by atoms with Crippen LogP contribution in [-0.2, 0) is 0 Å². The number of hydrogen-bond acceptors (Lipinski definition) is 9. The molecule has 0 aliphatic carbocycles. The Hall–Kier alpha value is -1.99. The first-order valence-corrected chi connectivity index (χ1v) is 1.64. The molecule has 0 aromatic heterocycles. The summed E-state index contributed by atoms with van der Waals surface area (Å²) < 4.78 is 0. The van der Waals surface area contributed by atoms with Crippen molar-refractivity contribution in [3.05, 3.63) is 46.0 Å². The van der Waals surface area contributed by atoms with Gasteiger partial charge < -0.3 is 62.4 Å². The molecule has 0 saturated carbocycles. The van der Waals surface area contributed by atoms with E-state index in [9.17, 15) is 0 Å². The van der Waals surface area contributed by atoms with E-state index in [2.05, 4.69) is 0 Å². The van der Waals surface area contributed by atoms with E-state index < -0.39 is 15.3 Å². The zero-order valence-corrected chi connectivity index (χ0v) is 8.25. The van der Waals surface area contributed by atoms with Gasteiger partial charge in [0.05, 0.1) is 15.3 Å². The summed E-state index contributed by atoms with van der Waals surface area (Å²) in [6.45, 7) is 0. The van der Waals surface area contributed by atoms with Crippen LogP contribution >= 0.6 is 0 Å². The minimum Gasteiger partial charge on any atom is -0.412 e. The van der Waals surface area contributed by atoms with E-state index in [0.717, 1.165) is 0 Å². The van der Waals surface area contributed by atoms with Gasteiger partial charge in [-0.2, -0.15) is 0 Å². The van der Waals surface area contributed by atoms with Gasteiger partial charge in [-0.3, -0.25) is 0 Å². The third-order valence-electron chi connectivity index (χ3n) is 0. The van der Waals surface area contributed by atoms with Crippen LogP contribution in [0.4, 0.5) is 0 Å². The van der Waals surface area contributed by atoms with Gasteiger partial charge >= 0.3 is 17.4 Å². The smallest absolute Gasteiger partial charge is 0.412 e. The van der Waals surface area contributed by atoms with E-state index in [1.54, 1.807) is 0 Å². The zero-order chi connectivity index (χ0) is 10.7. The summed E-state index contributed by atoms with van der Waals surface area (Å²) in [5.74, 6) is 0. The second-order valence-corrected chi connectivity index (χ2v) is 0.671. The molecular weight excluding hydrogens is 261 g/mol. The van der Waals surface area contributed by atoms with Crippen molar-refractivity contribution >= 4 is 17.4 Å². The van der Waals surface area contributed by atoms with E-state index >= 15 is 0 Å². The van der Waals surface area contributed by atoms with Crippen molar-refractivity contribution in [1.29, 1.82) is 0 Å². The molecule has 0 heterocycles. The van der Waals surface area contributed by atoms with E-state index in [4.69, 9.17) is 46.0 Å². The van der Waals surface area contributed by atoms with E-state index in [0.29, 0.717) is 0 Å². The molecule has 0 aliphatic rings. The fraction of sp³-hybridized carbons (Fsp3) is 0. The van der Waals surface area contributed by atoms with Crippen LogP contribution in [0.3, 0.4) is 0 Å². The van der Waals surface area contributed by atoms with Crippen molar-refractivity contribution in [2.45, 2.75) is 0 Å². The third kappa shape index (κ3) is 369. The summed E-state index contributed by atoms with van der Waals surface area (Å²) in [7, 11) is 0. The predicted octanol–water partition coefficient (Wildman–Crippen LogP) is -3.57. The maximum absolute atomic E-state index is 8.25. The van der Waals surface area contributed by atoms with Crippen LogP contribution in [0.15, 0.2) is 0 Å². The van der Waals surface area contributed by atoms with Crippen LogP contribution in [0.2, 0.25) is 0 Å². The summed E-state index contributed by atoms with van der Waals surface area (Å²) >= 11 is 0. The Labute approximate surface area is 95.9 Å². The summed E-state index contributed by atoms with van der Waals surface area (Å²) in [5.41, 5.74) is 0. The second kappa shape index (κ2) is 38.2. The van der Waals surface area contributed by atoms with E-state index in [1.807, 2.05) is 0 Å². The fourth-order valence-electron chi connectivity index (χ4n) is 0. The van der Waals surface area contributed by atoms with Crippen LogP contribution in [-0.4, -0.2) is 49.0 Å². The van der Waals surface area contributed by atoms with Gasteiger partial charge in [0.25, 0.3) is 0 Å². The first kappa shape index (κ1) is 48.2. The van der Waals surface area contributed by atoms with Crippen molar-refractivity contribution in [2.24, 2.45) is 0 Å². The molecule has 0 radical (unpaired) electrons. The molecule has 0 spiro atoms. The molecule has 0 rings (SSSR count). The standard InChI is InChI=1S/Al.3NO3.3H2O/c;3*2-1(3)4;;;/h;;;;3*1H2/q+3;3*-1;;;. The molecule has 16 heteroatoms. The molecule has 0 aromatic carbocycles. The minimum atomic E-state index is -1.75. The van der Waals surface area contributed by atoms with Crippen LogP contribution in [0.25, 0.3) is 0 Å². The van der Waals surface area contributed by atoms with Gasteiger partial charge in [-0.25, -0.2) is 0 Å². The monoisotopic (exact) mass is 267 g/mol. The Morgan fingerprint density at radius 1 is 0.500 bits per heavy atom. The maximum atomic E-state index is 8.25. The van der Waals surface area contributed by atoms with Crippen molar-refractivity contribution in [2.75, 3.05) is 0 Å². The number of hydrogen-bond donors (Lipinski definition) is 0. The van der Waals surface area contributed by atoms with Gasteiger partial charge in [-0.1, -0.05) is 0 Å². The van der Waals surface area contributed by atoms with E-state index in [1.165, 1.54) is 0 Å². The van der Waals surface area contributed by atoms with Gasteiger partial charge in [-0.15, -0.1) is 0 Å². The summed E-state index contributed by atoms with van der Waals surface area (Å²) in [5, 5.41) is 44.2. The van der Waals surface area contributed by atoms with Crippen LogP contribution in [0.5, 0.6) is 0 Å². The predicted molar refractivity (Wildman–Crippen MR) is 47.7 cm³/mol. The van der Waals surface area contributed by atoms with Gasteiger partial charge in [0.2, 0.25) is 0 Å². The topological polar surface area (TPSA) is 293 Å². The van der Waals surface area contributed by atoms with Crippen molar-refractivity contribution in [3.63, 3.8) is 0 Å². The maximum Gasteiger partial charge on any atom is 3.00 e. The van der Waals surface area contributed by atoms with Crippen LogP contribution in [0, 0.1) is 46.0 Å². The average Bonchev–Trinajstić information content (AvgIpc) is 1.54. The summed E-state index contributed by atoms with van der Waals surface area (Å²) in [4.78, 5) is 24.8. The first-order chi connectivity index (χ1) is 5.20. The normalized spacial score (nSPS) is 4.50. The third-order valence-corrected chi connectivity index (χ3v) is 0. The van der Waals surface area contributed by atoms with E-state index in [-0.39, 0.29) is 33.8 Å².